The van der Waals surface area contributed by atoms with Gasteiger partial charge in [0.15, 0.2) is 6.10 Å². The third-order valence-corrected chi connectivity index (χ3v) is 2.83. The van der Waals surface area contributed by atoms with Gasteiger partial charge in [-0.3, -0.25) is 4.90 Å². The quantitative estimate of drug-likeness (QED) is 0.789. The van der Waals surface area contributed by atoms with Gasteiger partial charge < -0.3 is 10.2 Å². The molecule has 1 atom stereocenters. The fraction of sp³-hybridized carbons (Fsp3) is 0.462. The number of carboxylic acid groups (broad SMARTS) is 1. The maximum Gasteiger partial charge on any atom is 0.337 e. The molecule has 1 aromatic carbocycles. The fourth-order valence-corrected chi connectivity index (χ4v) is 1.65. The summed E-state index contributed by atoms with van der Waals surface area (Å²) in [5.41, 5.74) is 1.54. The van der Waals surface area contributed by atoms with Crippen molar-refractivity contribution in [1.29, 1.82) is 0 Å². The van der Waals surface area contributed by atoms with Gasteiger partial charge in [-0.05, 0) is 24.2 Å². The van der Waals surface area contributed by atoms with Crippen molar-refractivity contribution in [3.05, 3.63) is 35.4 Å². The van der Waals surface area contributed by atoms with Crippen molar-refractivity contribution in [3.8, 4) is 0 Å². The molecular formula is C13H19NO3. The van der Waals surface area contributed by atoms with E-state index in [9.17, 15) is 9.90 Å². The second kappa shape index (κ2) is 6.37. The number of aliphatic hydroxyl groups is 1. The summed E-state index contributed by atoms with van der Waals surface area (Å²) in [5.74, 6) is -1.22. The number of carboxylic acids is 1. The van der Waals surface area contributed by atoms with E-state index < -0.39 is 12.1 Å². The Hall–Kier alpha value is -1.39. The smallest absolute Gasteiger partial charge is 0.337 e. The molecule has 0 heterocycles. The van der Waals surface area contributed by atoms with E-state index in [4.69, 9.17) is 5.11 Å². The van der Waals surface area contributed by atoms with Crippen LogP contribution in [0.2, 0.25) is 0 Å². The molecule has 0 saturated carbocycles. The van der Waals surface area contributed by atoms with Crippen LogP contribution in [0, 0.1) is 0 Å². The van der Waals surface area contributed by atoms with Crippen LogP contribution in [0.15, 0.2) is 24.3 Å². The van der Waals surface area contributed by atoms with Crippen molar-refractivity contribution >= 4 is 5.97 Å². The van der Waals surface area contributed by atoms with E-state index in [1.165, 1.54) is 0 Å². The van der Waals surface area contributed by atoms with E-state index in [1.807, 2.05) is 12.1 Å². The van der Waals surface area contributed by atoms with Gasteiger partial charge >= 0.3 is 5.97 Å². The lowest BCUT2D eigenvalue weighted by molar-refractivity contribution is -0.146. The molecule has 0 aromatic heterocycles. The highest BCUT2D eigenvalue weighted by atomic mass is 16.4. The maximum atomic E-state index is 10.6. The SMILES string of the molecule is CCN(CC)Cc1ccc(C(O)C(=O)O)cc1. The molecule has 4 nitrogen and oxygen atoms in total. The van der Waals surface area contributed by atoms with Gasteiger partial charge in [0.25, 0.3) is 0 Å². The molecule has 0 aliphatic carbocycles. The van der Waals surface area contributed by atoms with Gasteiger partial charge in [-0.15, -0.1) is 0 Å². The Morgan fingerprint density at radius 3 is 2.18 bits per heavy atom. The molecule has 0 fully saturated rings. The van der Waals surface area contributed by atoms with Crippen LogP contribution in [-0.2, 0) is 11.3 Å². The normalized spacial score (nSPS) is 12.7. The summed E-state index contributed by atoms with van der Waals surface area (Å²) >= 11 is 0. The number of nitrogens with zero attached hydrogens (tertiary/aromatic N) is 1. The van der Waals surface area contributed by atoms with Crippen LogP contribution < -0.4 is 0 Å². The van der Waals surface area contributed by atoms with Crippen LogP contribution >= 0.6 is 0 Å². The minimum Gasteiger partial charge on any atom is -0.479 e. The maximum absolute atomic E-state index is 10.6. The Morgan fingerprint density at radius 2 is 1.76 bits per heavy atom. The summed E-state index contributed by atoms with van der Waals surface area (Å²) in [4.78, 5) is 12.9. The van der Waals surface area contributed by atoms with E-state index >= 15 is 0 Å². The molecule has 0 radical (unpaired) electrons. The van der Waals surface area contributed by atoms with Gasteiger partial charge in [0.2, 0.25) is 0 Å². The molecule has 0 bridgehead atoms. The number of hydrogen-bond acceptors (Lipinski definition) is 3. The first-order chi connectivity index (χ1) is 8.08. The predicted molar refractivity (Wildman–Crippen MR) is 65.7 cm³/mol. The first-order valence-corrected chi connectivity index (χ1v) is 5.80. The Kier molecular flexibility index (Phi) is 5.12. The highest BCUT2D eigenvalue weighted by molar-refractivity contribution is 5.73. The molecule has 0 spiro atoms. The number of benzene rings is 1. The molecular weight excluding hydrogens is 218 g/mol. The molecule has 0 saturated heterocycles. The zero-order chi connectivity index (χ0) is 12.8. The number of rotatable bonds is 6. The highest BCUT2D eigenvalue weighted by Gasteiger charge is 2.15. The van der Waals surface area contributed by atoms with Crippen molar-refractivity contribution in [3.63, 3.8) is 0 Å². The van der Waals surface area contributed by atoms with Gasteiger partial charge in [0.05, 0.1) is 0 Å². The van der Waals surface area contributed by atoms with E-state index in [0.717, 1.165) is 25.2 Å². The number of aliphatic carboxylic acids is 1. The first kappa shape index (κ1) is 13.7. The summed E-state index contributed by atoms with van der Waals surface area (Å²) < 4.78 is 0. The third-order valence-electron chi connectivity index (χ3n) is 2.83. The molecule has 0 amide bonds. The molecule has 94 valence electrons. The summed E-state index contributed by atoms with van der Waals surface area (Å²) in [7, 11) is 0. The van der Waals surface area contributed by atoms with Crippen LogP contribution in [0.25, 0.3) is 0 Å². The molecule has 1 aromatic rings. The standard InChI is InChI=1S/C13H19NO3/c1-3-14(4-2)9-10-5-7-11(8-6-10)12(15)13(16)17/h5-8,12,15H,3-4,9H2,1-2H3,(H,16,17). The lowest BCUT2D eigenvalue weighted by Crippen LogP contribution is -2.22. The van der Waals surface area contributed by atoms with Gasteiger partial charge in [0, 0.05) is 6.54 Å². The number of aliphatic hydroxyl groups excluding tert-OH is 1. The van der Waals surface area contributed by atoms with E-state index in [0.29, 0.717) is 5.56 Å². The molecule has 0 aliphatic heterocycles. The Balaban J connectivity index is 2.71. The van der Waals surface area contributed by atoms with E-state index in [-0.39, 0.29) is 0 Å². The minimum atomic E-state index is -1.43. The zero-order valence-corrected chi connectivity index (χ0v) is 10.3. The molecule has 1 rings (SSSR count). The van der Waals surface area contributed by atoms with Crippen LogP contribution in [0.3, 0.4) is 0 Å². The zero-order valence-electron chi connectivity index (χ0n) is 10.3. The fourth-order valence-electron chi connectivity index (χ4n) is 1.65. The van der Waals surface area contributed by atoms with Crippen LogP contribution in [0.4, 0.5) is 0 Å². The first-order valence-electron chi connectivity index (χ1n) is 5.80. The Morgan fingerprint density at radius 1 is 1.24 bits per heavy atom. The van der Waals surface area contributed by atoms with Crippen molar-refractivity contribution in [2.75, 3.05) is 13.1 Å². The molecule has 17 heavy (non-hydrogen) atoms. The molecule has 0 aliphatic rings. The largest absolute Gasteiger partial charge is 0.479 e. The summed E-state index contributed by atoms with van der Waals surface area (Å²) in [6.07, 6.45) is -1.43. The number of carbonyl (C=O) groups is 1. The van der Waals surface area contributed by atoms with Crippen molar-refractivity contribution in [2.24, 2.45) is 0 Å². The van der Waals surface area contributed by atoms with Gasteiger partial charge in [-0.25, -0.2) is 4.79 Å². The van der Waals surface area contributed by atoms with Crippen molar-refractivity contribution in [2.45, 2.75) is 26.5 Å². The average Bonchev–Trinajstić information content (AvgIpc) is 2.35. The van der Waals surface area contributed by atoms with Crippen LogP contribution in [0.1, 0.15) is 31.1 Å². The topological polar surface area (TPSA) is 60.8 Å². The third kappa shape index (κ3) is 3.84. The van der Waals surface area contributed by atoms with E-state index in [2.05, 4.69) is 18.7 Å². The molecule has 2 N–H and O–H groups in total. The predicted octanol–water partition coefficient (Wildman–Crippen LogP) is 1.65. The average molecular weight is 237 g/mol. The second-order valence-corrected chi connectivity index (χ2v) is 3.94. The monoisotopic (exact) mass is 237 g/mol. The lowest BCUT2D eigenvalue weighted by atomic mass is 10.1. The minimum absolute atomic E-state index is 0.417. The second-order valence-electron chi connectivity index (χ2n) is 3.94. The lowest BCUT2D eigenvalue weighted by Gasteiger charge is -2.18. The van der Waals surface area contributed by atoms with Crippen LogP contribution in [-0.4, -0.2) is 34.2 Å². The summed E-state index contributed by atoms with van der Waals surface area (Å²) in [6.45, 7) is 7.01. The van der Waals surface area contributed by atoms with E-state index in [1.54, 1.807) is 12.1 Å². The van der Waals surface area contributed by atoms with Crippen molar-refractivity contribution < 1.29 is 15.0 Å². The van der Waals surface area contributed by atoms with Crippen LogP contribution in [0.5, 0.6) is 0 Å². The van der Waals surface area contributed by atoms with Crippen molar-refractivity contribution in [1.82, 2.24) is 4.90 Å². The Bertz CT molecular complexity index is 357. The van der Waals surface area contributed by atoms with Gasteiger partial charge in [-0.2, -0.15) is 0 Å². The highest BCUT2D eigenvalue weighted by Crippen LogP contribution is 2.14. The number of hydrogen-bond donors (Lipinski definition) is 2. The van der Waals surface area contributed by atoms with Gasteiger partial charge in [-0.1, -0.05) is 38.1 Å². The van der Waals surface area contributed by atoms with Gasteiger partial charge in [0.1, 0.15) is 0 Å². The Labute approximate surface area is 101 Å². The molecule has 4 heteroatoms. The summed E-state index contributed by atoms with van der Waals surface area (Å²) in [6, 6.07) is 7.05. The summed E-state index contributed by atoms with van der Waals surface area (Å²) in [5, 5.41) is 18.0. The molecule has 1 unspecified atom stereocenters.